The Morgan fingerprint density at radius 2 is 2.13 bits per heavy atom. The van der Waals surface area contributed by atoms with E-state index in [1.807, 2.05) is 12.1 Å². The van der Waals surface area contributed by atoms with Crippen molar-refractivity contribution in [3.8, 4) is 0 Å². The molecule has 4 atom stereocenters. The lowest BCUT2D eigenvalue weighted by Crippen LogP contribution is -2.69. The summed E-state index contributed by atoms with van der Waals surface area (Å²) < 4.78 is 0. The molecule has 6 nitrogen and oxygen atoms in total. The fraction of sp³-hybridized carbons (Fsp3) is 0.565. The van der Waals surface area contributed by atoms with Crippen LogP contribution in [0.25, 0.3) is 5.57 Å². The highest BCUT2D eigenvalue weighted by molar-refractivity contribution is 8.04. The first-order valence-electron chi connectivity index (χ1n) is 10.9. The normalized spacial score (nSPS) is 29.3. The van der Waals surface area contributed by atoms with Crippen LogP contribution in [0.5, 0.6) is 0 Å². The second-order valence-electron chi connectivity index (χ2n) is 8.97. The molecule has 1 aromatic carbocycles. The van der Waals surface area contributed by atoms with Crippen molar-refractivity contribution in [1.29, 1.82) is 0 Å². The Bertz CT molecular complexity index is 840. The minimum absolute atomic E-state index is 0.0232. The summed E-state index contributed by atoms with van der Waals surface area (Å²) in [6, 6.07) is 8.31. The number of nitrogens with one attached hydrogen (secondary N) is 3. The van der Waals surface area contributed by atoms with Gasteiger partial charge in [-0.15, -0.1) is 11.8 Å². The van der Waals surface area contributed by atoms with Crippen molar-refractivity contribution in [1.82, 2.24) is 20.9 Å². The summed E-state index contributed by atoms with van der Waals surface area (Å²) >= 11 is 1.59. The fourth-order valence-corrected chi connectivity index (χ4v) is 5.65. The van der Waals surface area contributed by atoms with Gasteiger partial charge < -0.3 is 10.6 Å². The smallest absolute Gasteiger partial charge is 0.237 e. The van der Waals surface area contributed by atoms with Crippen LogP contribution in [0.15, 0.2) is 29.7 Å². The van der Waals surface area contributed by atoms with Crippen LogP contribution in [0.1, 0.15) is 37.8 Å². The van der Waals surface area contributed by atoms with E-state index in [0.29, 0.717) is 19.0 Å². The zero-order valence-corrected chi connectivity index (χ0v) is 18.8. The fourth-order valence-electron chi connectivity index (χ4n) is 4.51. The van der Waals surface area contributed by atoms with Crippen LogP contribution in [0.4, 0.5) is 0 Å². The van der Waals surface area contributed by atoms with Gasteiger partial charge in [0.1, 0.15) is 11.5 Å². The average molecular weight is 429 g/mol. The van der Waals surface area contributed by atoms with Crippen LogP contribution in [-0.2, 0) is 9.59 Å². The molecule has 0 saturated carbocycles. The molecule has 162 valence electrons. The number of rotatable bonds is 5. The van der Waals surface area contributed by atoms with E-state index in [0.717, 1.165) is 19.4 Å². The Morgan fingerprint density at radius 3 is 2.90 bits per heavy atom. The molecule has 30 heavy (non-hydrogen) atoms. The quantitative estimate of drug-likeness (QED) is 0.671. The highest BCUT2D eigenvalue weighted by Crippen LogP contribution is 2.39. The van der Waals surface area contributed by atoms with Gasteiger partial charge in [0.05, 0.1) is 12.0 Å². The molecule has 0 aliphatic carbocycles. The number of fused-ring (bicyclic) bond motifs is 1. The van der Waals surface area contributed by atoms with Gasteiger partial charge in [-0.2, -0.15) is 0 Å². The van der Waals surface area contributed by atoms with Crippen LogP contribution < -0.4 is 16.0 Å². The van der Waals surface area contributed by atoms with Gasteiger partial charge in [0.2, 0.25) is 11.8 Å². The summed E-state index contributed by atoms with van der Waals surface area (Å²) in [5.74, 6) is 0.611. The second kappa shape index (κ2) is 9.12. The molecular weight excluding hydrogens is 396 g/mol. The number of nitrogens with zero attached hydrogens (tertiary/aromatic N) is 1. The number of hydrogen-bond acceptors (Lipinski definition) is 5. The predicted molar refractivity (Wildman–Crippen MR) is 122 cm³/mol. The maximum Gasteiger partial charge on any atom is 0.237 e. The molecule has 0 bridgehead atoms. The SMILES string of the molecule is Cc1ccccc1C1=CSC2C(=O)NC(N3CCCC(C(=O)NCC(C)C)C3)NC12. The molecule has 0 radical (unpaired) electrons. The lowest BCUT2D eigenvalue weighted by atomic mass is 9.92. The van der Waals surface area contributed by atoms with E-state index in [1.165, 1.54) is 16.7 Å². The Hall–Kier alpha value is -1.83. The number of carbonyl (C=O) groups excluding carboxylic acids is 2. The number of hydrogen-bond donors (Lipinski definition) is 3. The van der Waals surface area contributed by atoms with Gasteiger partial charge in [-0.3, -0.25) is 19.8 Å². The largest absolute Gasteiger partial charge is 0.356 e. The minimum atomic E-state index is -0.245. The van der Waals surface area contributed by atoms with Crippen molar-refractivity contribution in [2.45, 2.75) is 51.2 Å². The molecule has 7 heteroatoms. The van der Waals surface area contributed by atoms with Crippen LogP contribution in [0.2, 0.25) is 0 Å². The molecule has 1 aromatic rings. The minimum Gasteiger partial charge on any atom is -0.356 e. The molecule has 0 spiro atoms. The summed E-state index contributed by atoms with van der Waals surface area (Å²) in [6.45, 7) is 8.56. The van der Waals surface area contributed by atoms with Crippen molar-refractivity contribution in [2.24, 2.45) is 11.8 Å². The van der Waals surface area contributed by atoms with Crippen LogP contribution in [0, 0.1) is 18.8 Å². The molecule has 4 unspecified atom stereocenters. The van der Waals surface area contributed by atoms with Gasteiger partial charge in [0.15, 0.2) is 0 Å². The molecule has 3 N–H and O–H groups in total. The van der Waals surface area contributed by atoms with E-state index in [-0.39, 0.29) is 35.3 Å². The third-order valence-corrected chi connectivity index (χ3v) is 7.35. The Kier molecular flexibility index (Phi) is 6.51. The summed E-state index contributed by atoms with van der Waals surface area (Å²) in [6.07, 6.45) is 1.61. The molecule has 2 fully saturated rings. The number of likely N-dealkylation sites (tertiary alicyclic amines) is 1. The Balaban J connectivity index is 1.45. The monoisotopic (exact) mass is 428 g/mol. The van der Waals surface area contributed by atoms with E-state index in [4.69, 9.17) is 0 Å². The van der Waals surface area contributed by atoms with Gasteiger partial charge in [-0.05, 0) is 47.8 Å². The number of thioether (sulfide) groups is 1. The molecule has 3 aliphatic heterocycles. The lowest BCUT2D eigenvalue weighted by molar-refractivity contribution is -0.129. The van der Waals surface area contributed by atoms with Crippen molar-refractivity contribution in [3.63, 3.8) is 0 Å². The number of carbonyl (C=O) groups is 2. The van der Waals surface area contributed by atoms with Gasteiger partial charge >= 0.3 is 0 Å². The zero-order valence-electron chi connectivity index (χ0n) is 18.0. The predicted octanol–water partition coefficient (Wildman–Crippen LogP) is 2.31. The number of piperidine rings is 1. The molecule has 2 amide bonds. The van der Waals surface area contributed by atoms with E-state index in [9.17, 15) is 9.59 Å². The third-order valence-electron chi connectivity index (χ3n) is 6.18. The molecule has 3 heterocycles. The maximum absolute atomic E-state index is 12.9. The first-order chi connectivity index (χ1) is 14.4. The molecule has 2 saturated heterocycles. The second-order valence-corrected chi connectivity index (χ2v) is 9.99. The van der Waals surface area contributed by atoms with Crippen molar-refractivity contribution in [3.05, 3.63) is 40.8 Å². The summed E-state index contributed by atoms with van der Waals surface area (Å²) in [4.78, 5) is 27.7. The lowest BCUT2D eigenvalue weighted by Gasteiger charge is -2.43. The van der Waals surface area contributed by atoms with Crippen molar-refractivity contribution < 1.29 is 9.59 Å². The highest BCUT2D eigenvalue weighted by Gasteiger charge is 2.44. The molecule has 4 rings (SSSR count). The Morgan fingerprint density at radius 1 is 1.33 bits per heavy atom. The van der Waals surface area contributed by atoms with E-state index >= 15 is 0 Å². The van der Waals surface area contributed by atoms with Gasteiger partial charge in [-0.25, -0.2) is 0 Å². The number of benzene rings is 1. The third kappa shape index (κ3) is 4.43. The first-order valence-corrected chi connectivity index (χ1v) is 11.9. The van der Waals surface area contributed by atoms with Gasteiger partial charge in [0.25, 0.3) is 0 Å². The molecule has 0 aromatic heterocycles. The summed E-state index contributed by atoms with van der Waals surface area (Å²) in [5.41, 5.74) is 3.60. The van der Waals surface area contributed by atoms with Crippen LogP contribution in [-0.4, -0.2) is 53.9 Å². The molecule has 3 aliphatic rings. The van der Waals surface area contributed by atoms with E-state index in [1.54, 1.807) is 11.8 Å². The van der Waals surface area contributed by atoms with Crippen molar-refractivity contribution >= 4 is 29.1 Å². The number of aryl methyl sites for hydroxylation is 1. The van der Waals surface area contributed by atoms with Crippen molar-refractivity contribution in [2.75, 3.05) is 19.6 Å². The highest BCUT2D eigenvalue weighted by atomic mass is 32.2. The topological polar surface area (TPSA) is 73.5 Å². The van der Waals surface area contributed by atoms with Crippen LogP contribution >= 0.6 is 11.8 Å². The van der Waals surface area contributed by atoms with E-state index in [2.05, 4.69) is 59.2 Å². The summed E-state index contributed by atoms with van der Waals surface area (Å²) in [5, 5.41) is 11.9. The first kappa shape index (κ1) is 21.4. The van der Waals surface area contributed by atoms with Crippen LogP contribution in [0.3, 0.4) is 0 Å². The number of amides is 2. The van der Waals surface area contributed by atoms with Gasteiger partial charge in [-0.1, -0.05) is 38.1 Å². The Labute approximate surface area is 183 Å². The standard InChI is InChI=1S/C23H32N4O2S/c1-14(2)11-24-21(28)16-8-6-10-27(12-16)23-25-19-18(13-30-20(19)22(29)26-23)17-9-5-4-7-15(17)3/h4-5,7,9,13-14,16,19-20,23,25H,6,8,10-12H2,1-3H3,(H,24,28)(H,26,29). The average Bonchev–Trinajstić information content (AvgIpc) is 3.17. The van der Waals surface area contributed by atoms with E-state index < -0.39 is 0 Å². The zero-order chi connectivity index (χ0) is 21.3. The summed E-state index contributed by atoms with van der Waals surface area (Å²) in [7, 11) is 0. The maximum atomic E-state index is 12.9. The molecular formula is C23H32N4O2S. The van der Waals surface area contributed by atoms with Gasteiger partial charge in [0, 0.05) is 19.6 Å².